The zero-order chi connectivity index (χ0) is 15.8. The molecule has 0 fully saturated rings. The van der Waals surface area contributed by atoms with E-state index in [-0.39, 0.29) is 5.97 Å². The van der Waals surface area contributed by atoms with Crippen molar-refractivity contribution in [2.75, 3.05) is 7.11 Å². The monoisotopic (exact) mass is 288 g/mol. The van der Waals surface area contributed by atoms with Crippen molar-refractivity contribution in [2.45, 2.75) is 27.2 Å². The number of hydrogen-bond acceptors (Lipinski definition) is 4. The van der Waals surface area contributed by atoms with Crippen molar-refractivity contribution in [3.8, 4) is 5.75 Å². The van der Waals surface area contributed by atoms with Crippen molar-refractivity contribution < 1.29 is 19.1 Å². The minimum atomic E-state index is -0.412. The standard InChI is InChI=1S/C17H20O4/c1-12(2)5-8-15-11-14(7-10-17(19)20-4)6-9-16(15)21-13(3)18/h5-7,9-11H,8H2,1-4H3. The molecule has 0 aromatic heterocycles. The van der Waals surface area contributed by atoms with Crippen molar-refractivity contribution in [3.05, 3.63) is 47.1 Å². The number of methoxy groups -OCH3 is 1. The predicted octanol–water partition coefficient (Wildman–Crippen LogP) is 3.31. The van der Waals surface area contributed by atoms with Gasteiger partial charge in [0.15, 0.2) is 0 Å². The topological polar surface area (TPSA) is 52.6 Å². The molecule has 0 bridgehead atoms. The molecule has 4 nitrogen and oxygen atoms in total. The SMILES string of the molecule is COC(=O)C=Cc1ccc(OC(C)=O)c(CC=C(C)C)c1. The number of hydrogen-bond donors (Lipinski definition) is 0. The number of allylic oxidation sites excluding steroid dienone is 2. The van der Waals surface area contributed by atoms with Crippen molar-refractivity contribution in [1.29, 1.82) is 0 Å². The highest BCUT2D eigenvalue weighted by Crippen LogP contribution is 2.22. The van der Waals surface area contributed by atoms with Gasteiger partial charge in [0, 0.05) is 13.0 Å². The Labute approximate surface area is 125 Å². The molecule has 0 aliphatic heterocycles. The molecule has 0 heterocycles. The lowest BCUT2D eigenvalue weighted by Gasteiger charge is -2.09. The highest BCUT2D eigenvalue weighted by Gasteiger charge is 2.06. The van der Waals surface area contributed by atoms with Crippen LogP contribution in [-0.2, 0) is 20.7 Å². The fraction of sp³-hybridized carbons (Fsp3) is 0.294. The molecule has 21 heavy (non-hydrogen) atoms. The molecule has 0 saturated heterocycles. The van der Waals surface area contributed by atoms with Gasteiger partial charge >= 0.3 is 11.9 Å². The predicted molar refractivity (Wildman–Crippen MR) is 81.9 cm³/mol. The molecule has 1 aromatic carbocycles. The van der Waals surface area contributed by atoms with Crippen LogP contribution in [0.25, 0.3) is 6.08 Å². The Kier molecular flexibility index (Phi) is 6.40. The highest BCUT2D eigenvalue weighted by atomic mass is 16.5. The van der Waals surface area contributed by atoms with Crippen LogP contribution < -0.4 is 4.74 Å². The smallest absolute Gasteiger partial charge is 0.330 e. The van der Waals surface area contributed by atoms with Crippen molar-refractivity contribution in [2.24, 2.45) is 0 Å². The molecule has 0 aliphatic carbocycles. The quantitative estimate of drug-likeness (QED) is 0.361. The Morgan fingerprint density at radius 1 is 1.19 bits per heavy atom. The maximum atomic E-state index is 11.1. The van der Waals surface area contributed by atoms with Crippen molar-refractivity contribution in [3.63, 3.8) is 0 Å². The van der Waals surface area contributed by atoms with Gasteiger partial charge in [0.05, 0.1) is 7.11 Å². The molecular weight excluding hydrogens is 268 g/mol. The van der Waals surface area contributed by atoms with Gasteiger partial charge in [-0.3, -0.25) is 4.79 Å². The van der Waals surface area contributed by atoms with E-state index < -0.39 is 5.97 Å². The van der Waals surface area contributed by atoms with E-state index in [2.05, 4.69) is 10.8 Å². The van der Waals surface area contributed by atoms with Gasteiger partial charge in [-0.2, -0.15) is 0 Å². The fourth-order valence-corrected chi connectivity index (χ4v) is 1.66. The molecule has 112 valence electrons. The molecule has 1 aromatic rings. The van der Waals surface area contributed by atoms with Crippen LogP contribution in [0.15, 0.2) is 35.9 Å². The zero-order valence-electron chi connectivity index (χ0n) is 12.8. The maximum absolute atomic E-state index is 11.1. The Bertz CT molecular complexity index is 578. The number of carbonyl (C=O) groups excluding carboxylic acids is 2. The Morgan fingerprint density at radius 3 is 2.48 bits per heavy atom. The summed E-state index contributed by atoms with van der Waals surface area (Å²) in [5.74, 6) is -0.230. The van der Waals surface area contributed by atoms with E-state index >= 15 is 0 Å². The average Bonchev–Trinajstić information content (AvgIpc) is 2.43. The van der Waals surface area contributed by atoms with E-state index in [4.69, 9.17) is 4.74 Å². The summed E-state index contributed by atoms with van der Waals surface area (Å²) in [6.45, 7) is 5.38. The summed E-state index contributed by atoms with van der Waals surface area (Å²) in [5, 5.41) is 0. The molecule has 0 unspecified atom stereocenters. The molecule has 0 amide bonds. The van der Waals surface area contributed by atoms with Crippen LogP contribution in [0.4, 0.5) is 0 Å². The fourth-order valence-electron chi connectivity index (χ4n) is 1.66. The summed E-state index contributed by atoms with van der Waals surface area (Å²) >= 11 is 0. The molecule has 0 saturated carbocycles. The summed E-state index contributed by atoms with van der Waals surface area (Å²) in [6.07, 6.45) is 5.72. The minimum Gasteiger partial charge on any atom is -0.466 e. The Morgan fingerprint density at radius 2 is 1.90 bits per heavy atom. The molecule has 1 rings (SSSR count). The normalized spacial score (nSPS) is 10.3. The number of esters is 2. The molecule has 0 spiro atoms. The summed E-state index contributed by atoms with van der Waals surface area (Å²) in [7, 11) is 1.33. The molecule has 0 aliphatic rings. The first-order valence-corrected chi connectivity index (χ1v) is 6.63. The first-order valence-electron chi connectivity index (χ1n) is 6.63. The van der Waals surface area contributed by atoms with E-state index in [1.807, 2.05) is 19.9 Å². The van der Waals surface area contributed by atoms with Gasteiger partial charge in [0.25, 0.3) is 0 Å². The maximum Gasteiger partial charge on any atom is 0.330 e. The second kappa shape index (κ2) is 8.04. The van der Waals surface area contributed by atoms with Gasteiger partial charge in [-0.1, -0.05) is 17.7 Å². The van der Waals surface area contributed by atoms with Crippen molar-refractivity contribution in [1.82, 2.24) is 0 Å². The summed E-state index contributed by atoms with van der Waals surface area (Å²) < 4.78 is 9.75. The molecule has 4 heteroatoms. The number of ether oxygens (including phenoxy) is 2. The molecule has 0 radical (unpaired) electrons. The Balaban J connectivity index is 3.07. The van der Waals surface area contributed by atoms with E-state index in [9.17, 15) is 9.59 Å². The first kappa shape index (κ1) is 16.7. The van der Waals surface area contributed by atoms with E-state index in [0.717, 1.165) is 11.1 Å². The first-order chi connectivity index (χ1) is 9.92. The van der Waals surface area contributed by atoms with Gasteiger partial charge in [-0.15, -0.1) is 0 Å². The third-order valence-corrected chi connectivity index (χ3v) is 2.68. The Hall–Kier alpha value is -2.36. The van der Waals surface area contributed by atoms with Crippen LogP contribution >= 0.6 is 0 Å². The lowest BCUT2D eigenvalue weighted by molar-refractivity contribution is -0.135. The zero-order valence-corrected chi connectivity index (χ0v) is 12.8. The van der Waals surface area contributed by atoms with E-state index in [1.54, 1.807) is 18.2 Å². The van der Waals surface area contributed by atoms with Crippen molar-refractivity contribution >= 4 is 18.0 Å². The van der Waals surface area contributed by atoms with Gasteiger partial charge in [0.2, 0.25) is 0 Å². The molecule has 0 atom stereocenters. The number of benzene rings is 1. The van der Waals surface area contributed by atoms with Gasteiger partial charge in [-0.25, -0.2) is 4.79 Å². The molecule has 0 N–H and O–H groups in total. The van der Waals surface area contributed by atoms with Gasteiger partial charge in [0.1, 0.15) is 5.75 Å². The van der Waals surface area contributed by atoms with E-state index in [0.29, 0.717) is 12.2 Å². The summed E-state index contributed by atoms with van der Waals surface area (Å²) in [6, 6.07) is 5.40. The van der Waals surface area contributed by atoms with Crippen LogP contribution in [0, 0.1) is 0 Å². The van der Waals surface area contributed by atoms with Crippen LogP contribution in [-0.4, -0.2) is 19.0 Å². The second-order valence-corrected chi connectivity index (χ2v) is 4.80. The number of carbonyl (C=O) groups is 2. The lowest BCUT2D eigenvalue weighted by atomic mass is 10.0. The summed E-state index contributed by atoms with van der Waals surface area (Å²) in [5.41, 5.74) is 2.91. The molecular formula is C17H20O4. The lowest BCUT2D eigenvalue weighted by Crippen LogP contribution is -2.04. The van der Waals surface area contributed by atoms with Crippen LogP contribution in [0.2, 0.25) is 0 Å². The highest BCUT2D eigenvalue weighted by molar-refractivity contribution is 5.87. The number of rotatable bonds is 5. The third kappa shape index (κ3) is 6.08. The van der Waals surface area contributed by atoms with Crippen LogP contribution in [0.3, 0.4) is 0 Å². The van der Waals surface area contributed by atoms with Gasteiger partial charge in [-0.05, 0) is 49.6 Å². The van der Waals surface area contributed by atoms with Gasteiger partial charge < -0.3 is 9.47 Å². The van der Waals surface area contributed by atoms with Crippen LogP contribution in [0.1, 0.15) is 31.9 Å². The second-order valence-electron chi connectivity index (χ2n) is 4.80. The minimum absolute atomic E-state index is 0.355. The van der Waals surface area contributed by atoms with Crippen LogP contribution in [0.5, 0.6) is 5.75 Å². The largest absolute Gasteiger partial charge is 0.466 e. The summed E-state index contributed by atoms with van der Waals surface area (Å²) in [4.78, 5) is 22.2. The van der Waals surface area contributed by atoms with E-state index in [1.165, 1.54) is 25.7 Å². The third-order valence-electron chi connectivity index (χ3n) is 2.68. The average molecular weight is 288 g/mol.